The maximum Gasteiger partial charge on any atom is 0.326 e. The van der Waals surface area contributed by atoms with Crippen molar-refractivity contribution in [2.45, 2.75) is 57.4 Å². The highest BCUT2D eigenvalue weighted by Crippen LogP contribution is 2.21. The van der Waals surface area contributed by atoms with Gasteiger partial charge in [0.05, 0.1) is 10.6 Å². The average molecular weight is 581 g/mol. The number of amides is 1. The molecule has 0 spiro atoms. The maximum atomic E-state index is 13.8. The molecular weight excluding hydrogens is 543 g/mol. The molecule has 1 aliphatic rings. The first-order valence-corrected chi connectivity index (χ1v) is 14.7. The van der Waals surface area contributed by atoms with Crippen molar-refractivity contribution in [2.24, 2.45) is 0 Å². The van der Waals surface area contributed by atoms with E-state index in [2.05, 4.69) is 39.8 Å². The van der Waals surface area contributed by atoms with Gasteiger partial charge in [-0.25, -0.2) is 14.2 Å². The van der Waals surface area contributed by atoms with Gasteiger partial charge in [0.25, 0.3) is 5.91 Å². The first kappa shape index (κ1) is 30.5. The van der Waals surface area contributed by atoms with Gasteiger partial charge in [0, 0.05) is 18.8 Å². The van der Waals surface area contributed by atoms with Crippen LogP contribution in [0.15, 0.2) is 60.7 Å². The Morgan fingerprint density at radius 2 is 1.80 bits per heavy atom. The summed E-state index contributed by atoms with van der Waals surface area (Å²) in [7, 11) is 0. The summed E-state index contributed by atoms with van der Waals surface area (Å²) in [6.45, 7) is 3.10. The lowest BCUT2D eigenvalue weighted by Gasteiger charge is -2.24. The molecule has 2 aromatic carbocycles. The van der Waals surface area contributed by atoms with E-state index in [0.29, 0.717) is 6.54 Å². The quantitative estimate of drug-likeness (QED) is 0.198. The second kappa shape index (κ2) is 15.5. The Kier molecular flexibility index (Phi) is 11.5. The lowest BCUT2D eigenvalue weighted by molar-refractivity contribution is -0.139. The standard InChI is InChI=1S/C32H38ClFN4O3/c33-29-26(14-6-15-27(29)34)31(39)37-28(32(40)41)18-22-38(21-8-11-23-9-2-1-3-10-23)20-5-4-13-25-17-16-24-12-7-19-35-30(24)36-25/h1-3,6,9-10,14-17,28H,4-5,7-8,11-13,18-22H2,(H,35,36)(H,37,39)(H,40,41). The van der Waals surface area contributed by atoms with Crippen molar-refractivity contribution in [2.75, 3.05) is 31.5 Å². The third-order valence-electron chi connectivity index (χ3n) is 7.43. The van der Waals surface area contributed by atoms with Gasteiger partial charge in [0.15, 0.2) is 0 Å². The van der Waals surface area contributed by atoms with Crippen LogP contribution < -0.4 is 10.6 Å². The van der Waals surface area contributed by atoms with Gasteiger partial charge in [0.2, 0.25) is 0 Å². The lowest BCUT2D eigenvalue weighted by atomic mass is 10.1. The number of nitrogens with zero attached hydrogens (tertiary/aromatic N) is 2. The number of aromatic nitrogens is 1. The van der Waals surface area contributed by atoms with Crippen molar-refractivity contribution in [3.05, 3.63) is 93.9 Å². The molecule has 0 fully saturated rings. The molecule has 0 bridgehead atoms. The average Bonchev–Trinajstić information content (AvgIpc) is 2.98. The van der Waals surface area contributed by atoms with Gasteiger partial charge >= 0.3 is 5.97 Å². The number of carbonyl (C=O) groups is 2. The van der Waals surface area contributed by atoms with Gasteiger partial charge in [-0.3, -0.25) is 4.79 Å². The van der Waals surface area contributed by atoms with Crippen LogP contribution in [0.3, 0.4) is 0 Å². The number of aryl methyl sites for hydroxylation is 3. The number of carboxylic acids is 1. The zero-order chi connectivity index (χ0) is 29.0. The summed E-state index contributed by atoms with van der Waals surface area (Å²) in [4.78, 5) is 31.7. The van der Waals surface area contributed by atoms with Crippen LogP contribution in [0.4, 0.5) is 10.2 Å². The van der Waals surface area contributed by atoms with Crippen molar-refractivity contribution >= 4 is 29.3 Å². The van der Waals surface area contributed by atoms with E-state index in [0.717, 1.165) is 82.2 Å². The normalized spacial score (nSPS) is 13.3. The number of nitrogens with one attached hydrogen (secondary N) is 2. The fraction of sp³-hybridized carbons (Fsp3) is 0.406. The molecule has 0 aliphatic carbocycles. The number of fused-ring (bicyclic) bond motifs is 1. The molecule has 0 radical (unpaired) electrons. The van der Waals surface area contributed by atoms with Crippen LogP contribution in [0, 0.1) is 5.82 Å². The number of halogens is 2. The number of hydrogen-bond donors (Lipinski definition) is 3. The van der Waals surface area contributed by atoms with E-state index in [4.69, 9.17) is 16.6 Å². The van der Waals surface area contributed by atoms with Crippen LogP contribution in [-0.2, 0) is 24.1 Å². The van der Waals surface area contributed by atoms with E-state index in [9.17, 15) is 19.1 Å². The van der Waals surface area contributed by atoms with E-state index < -0.39 is 23.7 Å². The smallest absolute Gasteiger partial charge is 0.326 e. The number of carbonyl (C=O) groups excluding carboxylic acids is 1. The van der Waals surface area contributed by atoms with Crippen LogP contribution in [-0.4, -0.2) is 59.1 Å². The van der Waals surface area contributed by atoms with Gasteiger partial charge in [-0.2, -0.15) is 0 Å². The van der Waals surface area contributed by atoms with E-state index in [1.165, 1.54) is 23.3 Å². The summed E-state index contributed by atoms with van der Waals surface area (Å²) in [6, 6.07) is 17.4. The second-order valence-corrected chi connectivity index (χ2v) is 10.9. The number of rotatable bonds is 15. The zero-order valence-electron chi connectivity index (χ0n) is 23.3. The molecule has 1 aliphatic heterocycles. The molecule has 1 amide bonds. The van der Waals surface area contributed by atoms with Crippen molar-refractivity contribution in [3.8, 4) is 0 Å². The molecule has 2 heterocycles. The Bertz CT molecular complexity index is 1310. The molecule has 1 unspecified atom stereocenters. The highest BCUT2D eigenvalue weighted by Gasteiger charge is 2.23. The summed E-state index contributed by atoms with van der Waals surface area (Å²) in [5, 5.41) is 15.4. The van der Waals surface area contributed by atoms with Crippen LogP contribution in [0.25, 0.3) is 0 Å². The predicted octanol–water partition coefficient (Wildman–Crippen LogP) is 5.76. The minimum atomic E-state index is -1.14. The van der Waals surface area contributed by atoms with Crippen LogP contribution in [0.1, 0.15) is 59.3 Å². The fourth-order valence-electron chi connectivity index (χ4n) is 5.12. The highest BCUT2D eigenvalue weighted by atomic mass is 35.5. The van der Waals surface area contributed by atoms with Crippen molar-refractivity contribution in [3.63, 3.8) is 0 Å². The third-order valence-corrected chi connectivity index (χ3v) is 7.81. The van der Waals surface area contributed by atoms with Crippen LogP contribution in [0.2, 0.25) is 5.02 Å². The van der Waals surface area contributed by atoms with E-state index in [1.807, 2.05) is 18.2 Å². The number of aliphatic carboxylic acids is 1. The van der Waals surface area contributed by atoms with Gasteiger partial charge < -0.3 is 20.6 Å². The SMILES string of the molecule is O=C(NC(CCN(CCCCc1ccc2c(n1)NCCC2)CCCc1ccccc1)C(=O)O)c1cccc(F)c1Cl. The number of unbranched alkanes of at least 4 members (excludes halogenated alkanes) is 1. The van der Waals surface area contributed by atoms with Crippen molar-refractivity contribution < 1.29 is 19.1 Å². The highest BCUT2D eigenvalue weighted by molar-refractivity contribution is 6.34. The zero-order valence-corrected chi connectivity index (χ0v) is 24.0. The summed E-state index contributed by atoms with van der Waals surface area (Å²) in [5.41, 5.74) is 3.55. The summed E-state index contributed by atoms with van der Waals surface area (Å²) >= 11 is 5.94. The summed E-state index contributed by atoms with van der Waals surface area (Å²) in [6.07, 6.45) is 7.09. The predicted molar refractivity (Wildman–Crippen MR) is 160 cm³/mol. The topological polar surface area (TPSA) is 94.6 Å². The van der Waals surface area contributed by atoms with Gasteiger partial charge in [-0.05, 0) is 93.8 Å². The molecule has 4 rings (SSSR count). The largest absolute Gasteiger partial charge is 0.480 e. The number of carboxylic acid groups (broad SMARTS) is 1. The Morgan fingerprint density at radius 3 is 2.61 bits per heavy atom. The number of pyridine rings is 1. The first-order chi connectivity index (χ1) is 19.9. The first-order valence-electron chi connectivity index (χ1n) is 14.4. The van der Waals surface area contributed by atoms with Crippen LogP contribution in [0.5, 0.6) is 0 Å². The van der Waals surface area contributed by atoms with E-state index in [1.54, 1.807) is 0 Å². The number of anilines is 1. The maximum absolute atomic E-state index is 13.8. The molecule has 3 N–H and O–H groups in total. The number of hydrogen-bond acceptors (Lipinski definition) is 5. The Hall–Kier alpha value is -3.49. The molecular formula is C32H38ClFN4O3. The van der Waals surface area contributed by atoms with Gasteiger partial charge in [-0.1, -0.05) is 54.1 Å². The van der Waals surface area contributed by atoms with Crippen LogP contribution >= 0.6 is 11.6 Å². The molecule has 218 valence electrons. The van der Waals surface area contributed by atoms with Crippen molar-refractivity contribution in [1.82, 2.24) is 15.2 Å². The molecule has 9 heteroatoms. The molecule has 7 nitrogen and oxygen atoms in total. The molecule has 41 heavy (non-hydrogen) atoms. The lowest BCUT2D eigenvalue weighted by Crippen LogP contribution is -2.43. The minimum Gasteiger partial charge on any atom is -0.480 e. The monoisotopic (exact) mass is 580 g/mol. The molecule has 1 atom stereocenters. The third kappa shape index (κ3) is 9.26. The summed E-state index contributed by atoms with van der Waals surface area (Å²) in [5.74, 6) is -1.55. The molecule has 0 saturated heterocycles. The Morgan fingerprint density at radius 1 is 1.00 bits per heavy atom. The number of benzene rings is 2. The summed E-state index contributed by atoms with van der Waals surface area (Å²) < 4.78 is 13.8. The second-order valence-electron chi connectivity index (χ2n) is 10.5. The van der Waals surface area contributed by atoms with E-state index >= 15 is 0 Å². The van der Waals surface area contributed by atoms with E-state index in [-0.39, 0.29) is 17.0 Å². The van der Waals surface area contributed by atoms with Gasteiger partial charge in [-0.15, -0.1) is 0 Å². The van der Waals surface area contributed by atoms with Crippen molar-refractivity contribution in [1.29, 1.82) is 0 Å². The molecule has 3 aromatic rings. The minimum absolute atomic E-state index is 0.0800. The Balaban J connectivity index is 1.32. The molecule has 0 saturated carbocycles. The fourth-order valence-corrected chi connectivity index (χ4v) is 5.33. The van der Waals surface area contributed by atoms with Gasteiger partial charge in [0.1, 0.15) is 17.7 Å². The Labute approximate surface area is 246 Å². The molecule has 1 aromatic heterocycles.